The minimum absolute atomic E-state index is 0.902. The maximum Gasteiger partial charge on any atom is -0.00695 e. The second kappa shape index (κ2) is 4.55. The summed E-state index contributed by atoms with van der Waals surface area (Å²) in [4.78, 5) is 0. The molecular weight excluding hydrogens is 160 g/mol. The lowest BCUT2D eigenvalue weighted by atomic mass is 9.84. The molecule has 1 saturated carbocycles. The summed E-state index contributed by atoms with van der Waals surface area (Å²) >= 11 is 8.61. The Morgan fingerprint density at radius 1 is 0.800 bits per heavy atom. The van der Waals surface area contributed by atoms with Gasteiger partial charge in [0.25, 0.3) is 0 Å². The molecule has 60 valence electrons. The lowest BCUT2D eigenvalue weighted by Gasteiger charge is -2.25. The molecule has 0 bridgehead atoms. The molecular formula is C8H16S2. The summed E-state index contributed by atoms with van der Waals surface area (Å²) in [6, 6.07) is 0. The van der Waals surface area contributed by atoms with Crippen LogP contribution in [0.1, 0.15) is 25.7 Å². The van der Waals surface area contributed by atoms with Crippen LogP contribution in [0.3, 0.4) is 0 Å². The standard InChI is InChI=1S/C8H16S2/c9-5-7-1-2-8(6-10)4-3-7/h7-10H,1-6H2/t7-,8+. The van der Waals surface area contributed by atoms with Crippen molar-refractivity contribution in [2.75, 3.05) is 11.5 Å². The molecule has 0 heterocycles. The van der Waals surface area contributed by atoms with Gasteiger partial charge in [0, 0.05) is 0 Å². The van der Waals surface area contributed by atoms with Crippen molar-refractivity contribution >= 4 is 25.3 Å². The van der Waals surface area contributed by atoms with Gasteiger partial charge in [0.05, 0.1) is 0 Å². The van der Waals surface area contributed by atoms with Crippen LogP contribution in [-0.2, 0) is 0 Å². The molecule has 0 unspecified atom stereocenters. The molecule has 1 aliphatic rings. The van der Waals surface area contributed by atoms with Gasteiger partial charge in [-0.1, -0.05) is 0 Å². The fraction of sp³-hybridized carbons (Fsp3) is 1.00. The SMILES string of the molecule is SC[C@H]1CC[C@@H](CS)CC1. The van der Waals surface area contributed by atoms with Gasteiger partial charge in [-0.3, -0.25) is 0 Å². The Labute approximate surface area is 74.6 Å². The third-order valence-electron chi connectivity index (χ3n) is 2.48. The molecule has 0 aliphatic heterocycles. The van der Waals surface area contributed by atoms with Crippen molar-refractivity contribution in [3.63, 3.8) is 0 Å². The minimum atomic E-state index is 0.902. The smallest absolute Gasteiger partial charge is 0.00695 e. The molecule has 0 aromatic carbocycles. The fourth-order valence-electron chi connectivity index (χ4n) is 1.60. The minimum Gasteiger partial charge on any atom is -0.179 e. The topological polar surface area (TPSA) is 0 Å². The van der Waals surface area contributed by atoms with Crippen LogP contribution in [0.2, 0.25) is 0 Å². The van der Waals surface area contributed by atoms with Crippen molar-refractivity contribution in [2.24, 2.45) is 11.8 Å². The van der Waals surface area contributed by atoms with Gasteiger partial charge in [0.15, 0.2) is 0 Å². The number of thiol groups is 2. The maximum atomic E-state index is 4.30. The molecule has 2 heteroatoms. The van der Waals surface area contributed by atoms with Crippen molar-refractivity contribution in [1.29, 1.82) is 0 Å². The Morgan fingerprint density at radius 2 is 1.10 bits per heavy atom. The zero-order valence-corrected chi connectivity index (χ0v) is 8.08. The summed E-state index contributed by atoms with van der Waals surface area (Å²) in [5, 5.41) is 0. The molecule has 0 saturated heterocycles. The number of rotatable bonds is 2. The molecule has 0 aromatic rings. The predicted molar refractivity (Wildman–Crippen MR) is 53.2 cm³/mol. The average molecular weight is 176 g/mol. The van der Waals surface area contributed by atoms with E-state index in [1.165, 1.54) is 25.7 Å². The summed E-state index contributed by atoms with van der Waals surface area (Å²) in [6.45, 7) is 0. The Morgan fingerprint density at radius 3 is 1.30 bits per heavy atom. The van der Waals surface area contributed by atoms with Crippen LogP contribution in [0.15, 0.2) is 0 Å². The third kappa shape index (κ3) is 2.39. The average Bonchev–Trinajstić information content (AvgIpc) is 2.05. The van der Waals surface area contributed by atoms with E-state index in [0.717, 1.165) is 23.3 Å². The summed E-state index contributed by atoms with van der Waals surface area (Å²) in [7, 11) is 0. The molecule has 0 amide bonds. The molecule has 1 fully saturated rings. The monoisotopic (exact) mass is 176 g/mol. The summed E-state index contributed by atoms with van der Waals surface area (Å²) in [5.74, 6) is 3.97. The van der Waals surface area contributed by atoms with Gasteiger partial charge in [-0.2, -0.15) is 25.3 Å². The lowest BCUT2D eigenvalue weighted by Crippen LogP contribution is -2.16. The van der Waals surface area contributed by atoms with Crippen molar-refractivity contribution < 1.29 is 0 Å². The molecule has 1 aliphatic carbocycles. The van der Waals surface area contributed by atoms with Crippen LogP contribution in [0, 0.1) is 11.8 Å². The van der Waals surface area contributed by atoms with E-state index in [-0.39, 0.29) is 0 Å². The Balaban J connectivity index is 2.17. The number of hydrogen-bond acceptors (Lipinski definition) is 2. The zero-order chi connectivity index (χ0) is 7.40. The Hall–Kier alpha value is 0.700. The quantitative estimate of drug-likeness (QED) is 0.594. The van der Waals surface area contributed by atoms with Crippen LogP contribution >= 0.6 is 25.3 Å². The first-order valence-electron chi connectivity index (χ1n) is 4.08. The van der Waals surface area contributed by atoms with Crippen LogP contribution in [-0.4, -0.2) is 11.5 Å². The summed E-state index contributed by atoms with van der Waals surface area (Å²) in [6.07, 6.45) is 5.53. The van der Waals surface area contributed by atoms with Gasteiger partial charge in [-0.25, -0.2) is 0 Å². The Bertz CT molecular complexity index is 73.3. The highest BCUT2D eigenvalue weighted by molar-refractivity contribution is 7.80. The molecule has 0 radical (unpaired) electrons. The van der Waals surface area contributed by atoms with Crippen LogP contribution < -0.4 is 0 Å². The first kappa shape index (κ1) is 8.79. The highest BCUT2D eigenvalue weighted by Crippen LogP contribution is 2.29. The van der Waals surface area contributed by atoms with Crippen LogP contribution in [0.5, 0.6) is 0 Å². The van der Waals surface area contributed by atoms with Crippen LogP contribution in [0.4, 0.5) is 0 Å². The first-order valence-corrected chi connectivity index (χ1v) is 5.35. The lowest BCUT2D eigenvalue weighted by molar-refractivity contribution is 0.316. The molecule has 0 N–H and O–H groups in total. The van der Waals surface area contributed by atoms with Crippen molar-refractivity contribution in [3.05, 3.63) is 0 Å². The predicted octanol–water partition coefficient (Wildman–Crippen LogP) is 2.65. The largest absolute Gasteiger partial charge is 0.179 e. The van der Waals surface area contributed by atoms with E-state index in [4.69, 9.17) is 0 Å². The Kier molecular flexibility index (Phi) is 4.00. The van der Waals surface area contributed by atoms with E-state index in [1.807, 2.05) is 0 Å². The molecule has 0 spiro atoms. The van der Waals surface area contributed by atoms with E-state index in [9.17, 15) is 0 Å². The van der Waals surface area contributed by atoms with Gasteiger partial charge in [0.1, 0.15) is 0 Å². The van der Waals surface area contributed by atoms with Gasteiger partial charge in [-0.05, 0) is 49.0 Å². The number of hydrogen-bond donors (Lipinski definition) is 2. The van der Waals surface area contributed by atoms with E-state index < -0.39 is 0 Å². The molecule has 0 aromatic heterocycles. The highest BCUT2D eigenvalue weighted by atomic mass is 32.1. The van der Waals surface area contributed by atoms with Crippen molar-refractivity contribution in [3.8, 4) is 0 Å². The van der Waals surface area contributed by atoms with Crippen molar-refractivity contribution in [2.45, 2.75) is 25.7 Å². The summed E-state index contributed by atoms with van der Waals surface area (Å²) in [5.41, 5.74) is 0. The van der Waals surface area contributed by atoms with Gasteiger partial charge < -0.3 is 0 Å². The molecule has 0 atom stereocenters. The van der Waals surface area contributed by atoms with E-state index in [0.29, 0.717) is 0 Å². The fourth-order valence-corrected chi connectivity index (χ4v) is 2.33. The molecule has 10 heavy (non-hydrogen) atoms. The van der Waals surface area contributed by atoms with E-state index in [1.54, 1.807) is 0 Å². The van der Waals surface area contributed by atoms with E-state index >= 15 is 0 Å². The molecule has 0 nitrogen and oxygen atoms in total. The highest BCUT2D eigenvalue weighted by Gasteiger charge is 2.18. The first-order chi connectivity index (χ1) is 4.86. The van der Waals surface area contributed by atoms with Gasteiger partial charge in [0.2, 0.25) is 0 Å². The van der Waals surface area contributed by atoms with Crippen LogP contribution in [0.25, 0.3) is 0 Å². The van der Waals surface area contributed by atoms with E-state index in [2.05, 4.69) is 25.3 Å². The van der Waals surface area contributed by atoms with Gasteiger partial charge in [-0.15, -0.1) is 0 Å². The summed E-state index contributed by atoms with van der Waals surface area (Å²) < 4.78 is 0. The molecule has 1 rings (SSSR count). The zero-order valence-electron chi connectivity index (χ0n) is 6.29. The normalized spacial score (nSPS) is 34.2. The second-order valence-electron chi connectivity index (χ2n) is 3.25. The van der Waals surface area contributed by atoms with Crippen molar-refractivity contribution in [1.82, 2.24) is 0 Å². The third-order valence-corrected chi connectivity index (χ3v) is 3.52. The second-order valence-corrected chi connectivity index (χ2v) is 3.98. The van der Waals surface area contributed by atoms with Gasteiger partial charge >= 0.3 is 0 Å². The maximum absolute atomic E-state index is 4.30.